The molecule has 0 radical (unpaired) electrons. The highest BCUT2D eigenvalue weighted by molar-refractivity contribution is 5.82. The summed E-state index contributed by atoms with van der Waals surface area (Å²) in [6.45, 7) is 13.9. The van der Waals surface area contributed by atoms with Gasteiger partial charge in [-0.05, 0) is 30.5 Å². The first kappa shape index (κ1) is 20.9. The summed E-state index contributed by atoms with van der Waals surface area (Å²) in [7, 11) is 0. The maximum absolute atomic E-state index is 12.7. The van der Waals surface area contributed by atoms with Gasteiger partial charge in [0.2, 0.25) is 5.91 Å². The molecule has 0 bridgehead atoms. The fourth-order valence-corrected chi connectivity index (χ4v) is 3.70. The fourth-order valence-electron chi connectivity index (χ4n) is 3.70. The summed E-state index contributed by atoms with van der Waals surface area (Å²) in [5.74, 6) is 0.0800. The van der Waals surface area contributed by atoms with Crippen LogP contribution >= 0.6 is 0 Å². The zero-order valence-electron chi connectivity index (χ0n) is 16.8. The fraction of sp³-hybridized carbons (Fsp3) is 0.667. The van der Waals surface area contributed by atoms with Crippen LogP contribution in [0.1, 0.15) is 44.7 Å². The predicted octanol–water partition coefficient (Wildman–Crippen LogP) is 2.21. The van der Waals surface area contributed by atoms with Crippen molar-refractivity contribution in [2.24, 2.45) is 11.1 Å². The highest BCUT2D eigenvalue weighted by Gasteiger charge is 2.33. The van der Waals surface area contributed by atoms with Gasteiger partial charge in [-0.1, -0.05) is 45.0 Å². The van der Waals surface area contributed by atoms with Crippen molar-refractivity contribution in [3.05, 3.63) is 35.4 Å². The smallest absolute Gasteiger partial charge is 0.227 e. The first-order valence-electron chi connectivity index (χ1n) is 10.1. The third kappa shape index (κ3) is 5.06. The minimum atomic E-state index is -0.439. The van der Waals surface area contributed by atoms with Gasteiger partial charge in [0.1, 0.15) is 0 Å². The summed E-state index contributed by atoms with van der Waals surface area (Å²) in [5, 5.41) is 3.14. The van der Waals surface area contributed by atoms with Gasteiger partial charge in [-0.15, -0.1) is 0 Å². The van der Waals surface area contributed by atoms with Crippen molar-refractivity contribution in [2.45, 2.75) is 46.7 Å². The molecule has 5 heteroatoms. The van der Waals surface area contributed by atoms with E-state index in [9.17, 15) is 4.79 Å². The number of carbonyl (C=O) groups is 1. The predicted molar refractivity (Wildman–Crippen MR) is 108 cm³/mol. The molecule has 3 N–H and O–H groups in total. The quantitative estimate of drug-likeness (QED) is 0.709. The molecule has 5 nitrogen and oxygen atoms in total. The Morgan fingerprint density at radius 3 is 2.15 bits per heavy atom. The molecule has 0 unspecified atom stereocenters. The van der Waals surface area contributed by atoms with Crippen LogP contribution in [0.5, 0.6) is 0 Å². The van der Waals surface area contributed by atoms with E-state index in [0.29, 0.717) is 13.1 Å². The van der Waals surface area contributed by atoms with Crippen LogP contribution in [0, 0.1) is 5.41 Å². The van der Waals surface area contributed by atoms with Crippen molar-refractivity contribution in [1.82, 2.24) is 15.1 Å². The zero-order chi connectivity index (χ0) is 19.0. The van der Waals surface area contributed by atoms with E-state index in [-0.39, 0.29) is 5.91 Å². The monoisotopic (exact) mass is 360 g/mol. The normalized spacial score (nSPS) is 16.6. The van der Waals surface area contributed by atoms with E-state index < -0.39 is 5.41 Å². The molecule has 1 fully saturated rings. The van der Waals surface area contributed by atoms with Crippen molar-refractivity contribution in [2.75, 3.05) is 39.3 Å². The summed E-state index contributed by atoms with van der Waals surface area (Å²) in [5.41, 5.74) is 7.98. The Kier molecular flexibility index (Phi) is 8.07. The van der Waals surface area contributed by atoms with Crippen LogP contribution < -0.4 is 11.1 Å². The van der Waals surface area contributed by atoms with Crippen LogP contribution in [0.15, 0.2) is 24.3 Å². The van der Waals surface area contributed by atoms with Crippen LogP contribution in [-0.4, -0.2) is 55.0 Å². The van der Waals surface area contributed by atoms with Crippen LogP contribution in [0.4, 0.5) is 0 Å². The minimum absolute atomic E-state index is 0.0800. The number of nitrogens with one attached hydrogen (secondary N) is 1. The molecule has 26 heavy (non-hydrogen) atoms. The average molecular weight is 361 g/mol. The molecule has 1 aliphatic rings. The molecular formula is C21H36N4O. The molecule has 0 aliphatic carbocycles. The largest absolute Gasteiger partial charge is 0.351 e. The lowest BCUT2D eigenvalue weighted by molar-refractivity contribution is -0.131. The maximum Gasteiger partial charge on any atom is 0.227 e. The molecule has 1 saturated heterocycles. The standard InChI is InChI=1S/C21H36N4O/c1-4-21(5-2,17-22)20(26)23-15-18-9-7-8-10-19(18)16-25-13-11-24(6-3)12-14-25/h7-10H,4-6,11-17,22H2,1-3H3,(H,23,26). The van der Waals surface area contributed by atoms with E-state index in [1.165, 1.54) is 11.1 Å². The van der Waals surface area contributed by atoms with Gasteiger partial charge in [0.25, 0.3) is 0 Å². The highest BCUT2D eigenvalue weighted by atomic mass is 16.2. The Morgan fingerprint density at radius 2 is 1.62 bits per heavy atom. The number of hydrogen-bond donors (Lipinski definition) is 2. The van der Waals surface area contributed by atoms with Crippen LogP contribution in [0.3, 0.4) is 0 Å². The number of hydrogen-bond acceptors (Lipinski definition) is 4. The van der Waals surface area contributed by atoms with E-state index >= 15 is 0 Å². The average Bonchev–Trinajstić information content (AvgIpc) is 2.69. The summed E-state index contributed by atoms with van der Waals surface area (Å²) in [6, 6.07) is 8.45. The first-order valence-corrected chi connectivity index (χ1v) is 10.1. The lowest BCUT2D eigenvalue weighted by atomic mass is 9.81. The summed E-state index contributed by atoms with van der Waals surface area (Å²) in [4.78, 5) is 17.7. The molecule has 1 heterocycles. The first-order chi connectivity index (χ1) is 12.6. The molecule has 1 aromatic rings. The number of nitrogens with two attached hydrogens (primary N) is 1. The number of likely N-dealkylation sites (N-methyl/N-ethyl adjacent to an activating group) is 1. The van der Waals surface area contributed by atoms with Gasteiger partial charge in [-0.2, -0.15) is 0 Å². The topological polar surface area (TPSA) is 61.6 Å². The Labute approximate surface area is 158 Å². The number of nitrogens with zero attached hydrogens (tertiary/aromatic N) is 2. The van der Waals surface area contributed by atoms with E-state index in [4.69, 9.17) is 5.73 Å². The Balaban J connectivity index is 1.97. The molecule has 1 amide bonds. The van der Waals surface area contributed by atoms with Crippen molar-refractivity contribution in [3.8, 4) is 0 Å². The minimum Gasteiger partial charge on any atom is -0.351 e. The Bertz CT molecular complexity index is 555. The second kappa shape index (κ2) is 10.0. The molecule has 0 spiro atoms. The van der Waals surface area contributed by atoms with Gasteiger partial charge in [0, 0.05) is 45.8 Å². The van der Waals surface area contributed by atoms with Crippen LogP contribution in [0.2, 0.25) is 0 Å². The van der Waals surface area contributed by atoms with E-state index in [1.54, 1.807) is 0 Å². The van der Waals surface area contributed by atoms with Crippen LogP contribution in [0.25, 0.3) is 0 Å². The van der Waals surface area contributed by atoms with Gasteiger partial charge < -0.3 is 16.0 Å². The number of carbonyl (C=O) groups excluding carboxylic acids is 1. The molecule has 146 valence electrons. The number of amides is 1. The third-order valence-corrected chi connectivity index (χ3v) is 6.09. The molecular weight excluding hydrogens is 324 g/mol. The number of benzene rings is 1. The van der Waals surface area contributed by atoms with Gasteiger partial charge in [0.15, 0.2) is 0 Å². The van der Waals surface area contributed by atoms with Crippen molar-refractivity contribution in [3.63, 3.8) is 0 Å². The molecule has 0 aromatic heterocycles. The van der Waals surface area contributed by atoms with Crippen LogP contribution in [-0.2, 0) is 17.9 Å². The SMILES string of the molecule is CCN1CCN(Cc2ccccc2CNC(=O)C(CC)(CC)CN)CC1. The maximum atomic E-state index is 12.7. The van der Waals surface area contributed by atoms with E-state index in [2.05, 4.69) is 46.3 Å². The van der Waals surface area contributed by atoms with Crippen molar-refractivity contribution < 1.29 is 4.79 Å². The van der Waals surface area contributed by atoms with Crippen molar-refractivity contribution >= 4 is 5.91 Å². The second-order valence-corrected chi connectivity index (χ2v) is 7.35. The molecule has 1 aliphatic heterocycles. The lowest BCUT2D eigenvalue weighted by Crippen LogP contribution is -2.46. The zero-order valence-corrected chi connectivity index (χ0v) is 16.8. The Morgan fingerprint density at radius 1 is 1.04 bits per heavy atom. The molecule has 0 saturated carbocycles. The molecule has 0 atom stereocenters. The number of piperazine rings is 1. The van der Waals surface area contributed by atoms with Gasteiger partial charge >= 0.3 is 0 Å². The second-order valence-electron chi connectivity index (χ2n) is 7.35. The van der Waals surface area contributed by atoms with E-state index in [1.807, 2.05) is 13.8 Å². The van der Waals surface area contributed by atoms with Gasteiger partial charge in [-0.25, -0.2) is 0 Å². The summed E-state index contributed by atoms with van der Waals surface area (Å²) >= 11 is 0. The third-order valence-electron chi connectivity index (χ3n) is 6.09. The van der Waals surface area contributed by atoms with Gasteiger partial charge in [-0.3, -0.25) is 9.69 Å². The van der Waals surface area contributed by atoms with Gasteiger partial charge in [0.05, 0.1) is 5.41 Å². The van der Waals surface area contributed by atoms with Crippen molar-refractivity contribution in [1.29, 1.82) is 0 Å². The lowest BCUT2D eigenvalue weighted by Gasteiger charge is -2.34. The number of rotatable bonds is 9. The molecule has 1 aromatic carbocycles. The summed E-state index contributed by atoms with van der Waals surface area (Å²) in [6.07, 6.45) is 1.55. The van der Waals surface area contributed by atoms with E-state index in [0.717, 1.165) is 52.1 Å². The summed E-state index contributed by atoms with van der Waals surface area (Å²) < 4.78 is 0. The Hall–Kier alpha value is -1.43. The molecule has 2 rings (SSSR count). The highest BCUT2D eigenvalue weighted by Crippen LogP contribution is 2.25.